The van der Waals surface area contributed by atoms with Gasteiger partial charge in [-0.3, -0.25) is 4.57 Å². The van der Waals surface area contributed by atoms with Crippen LogP contribution in [0.15, 0.2) is 83.0 Å². The zero-order chi connectivity index (χ0) is 24.5. The molecule has 1 N–H and O–H groups in total. The van der Waals surface area contributed by atoms with Gasteiger partial charge in [-0.05, 0) is 53.9 Å². The number of nitrogens with zero attached hydrogens (tertiary/aromatic N) is 3. The molecule has 0 aliphatic carbocycles. The molecule has 9 heteroatoms. The molecule has 4 aromatic rings. The van der Waals surface area contributed by atoms with Crippen LogP contribution < -0.4 is 0 Å². The molecule has 0 amide bonds. The number of imidazole rings is 1. The molecule has 1 unspecified atom stereocenters. The topological polar surface area (TPSA) is 102 Å². The van der Waals surface area contributed by atoms with Gasteiger partial charge in [0.05, 0.1) is 22.2 Å². The summed E-state index contributed by atoms with van der Waals surface area (Å²) < 4.78 is 26.2. The summed E-state index contributed by atoms with van der Waals surface area (Å²) in [5, 5.41) is 13.1. The molecular weight excluding hydrogens is 474 g/mol. The molecule has 3 aromatic carbocycles. The fourth-order valence-electron chi connectivity index (χ4n) is 3.71. The Morgan fingerprint density at radius 1 is 1.06 bits per heavy atom. The van der Waals surface area contributed by atoms with Crippen molar-refractivity contribution in [3.8, 4) is 28.2 Å². The molecule has 0 radical (unpaired) electrons. The molecule has 1 aromatic heterocycles. The van der Waals surface area contributed by atoms with E-state index in [9.17, 15) is 18.4 Å². The van der Waals surface area contributed by atoms with E-state index in [1.807, 2.05) is 47.0 Å². The van der Waals surface area contributed by atoms with Crippen LogP contribution in [-0.4, -0.2) is 29.3 Å². The van der Waals surface area contributed by atoms with E-state index in [2.05, 4.69) is 10.2 Å². The van der Waals surface area contributed by atoms with E-state index < -0.39 is 15.9 Å². The highest BCUT2D eigenvalue weighted by Gasteiger charge is 2.19. The van der Waals surface area contributed by atoms with Crippen molar-refractivity contribution in [3.63, 3.8) is 0 Å². The summed E-state index contributed by atoms with van der Waals surface area (Å²) >= 11 is 6.42. The Bertz CT molecular complexity index is 1460. The molecule has 1 atom stereocenters. The van der Waals surface area contributed by atoms with E-state index in [0.717, 1.165) is 23.1 Å². The van der Waals surface area contributed by atoms with E-state index in [0.29, 0.717) is 27.7 Å². The number of benzene rings is 3. The Labute approximate surface area is 202 Å². The predicted molar refractivity (Wildman–Crippen MR) is 133 cm³/mol. The van der Waals surface area contributed by atoms with Crippen molar-refractivity contribution < 1.29 is 13.5 Å². The number of rotatable bonds is 7. The maximum atomic E-state index is 12.2. The lowest BCUT2D eigenvalue weighted by atomic mass is 10.0. The lowest BCUT2D eigenvalue weighted by Crippen LogP contribution is -2.03. The fraction of sp³-hybridized carbons (Fsp3) is 0.160. The number of nitroso groups, excluding NO2 is 1. The highest BCUT2D eigenvalue weighted by atomic mass is 35.5. The van der Waals surface area contributed by atoms with Crippen LogP contribution in [0.1, 0.15) is 24.2 Å². The van der Waals surface area contributed by atoms with Gasteiger partial charge in [-0.2, -0.15) is 4.91 Å². The largest absolute Gasteiger partial charge is 0.392 e. The SMILES string of the molecule is CC(N=O)c1cn(-c2ccc(-c3ccc(CO)c(S(C)(=O)=O)c3)cc2)c(-c2ccccc2Cl)n1. The van der Waals surface area contributed by atoms with Crippen molar-refractivity contribution in [1.29, 1.82) is 0 Å². The van der Waals surface area contributed by atoms with Gasteiger partial charge in [0.1, 0.15) is 11.9 Å². The maximum Gasteiger partial charge on any atom is 0.175 e. The molecule has 0 aliphatic rings. The van der Waals surface area contributed by atoms with Crippen LogP contribution in [0, 0.1) is 4.91 Å². The van der Waals surface area contributed by atoms with Gasteiger partial charge < -0.3 is 5.11 Å². The molecule has 34 heavy (non-hydrogen) atoms. The Hall–Kier alpha value is -3.33. The minimum atomic E-state index is -3.49. The lowest BCUT2D eigenvalue weighted by Gasteiger charge is -2.12. The molecule has 0 saturated heterocycles. The summed E-state index contributed by atoms with van der Waals surface area (Å²) in [6.07, 6.45) is 2.88. The Morgan fingerprint density at radius 2 is 1.74 bits per heavy atom. The Kier molecular flexibility index (Phi) is 6.65. The molecule has 4 rings (SSSR count). The van der Waals surface area contributed by atoms with Gasteiger partial charge in [-0.1, -0.05) is 53.2 Å². The van der Waals surface area contributed by atoms with Gasteiger partial charge in [-0.15, -0.1) is 0 Å². The number of aliphatic hydroxyl groups excluding tert-OH is 1. The second-order valence-corrected chi connectivity index (χ2v) is 10.3. The van der Waals surface area contributed by atoms with Crippen LogP contribution in [-0.2, 0) is 16.4 Å². The van der Waals surface area contributed by atoms with E-state index in [1.54, 1.807) is 37.4 Å². The van der Waals surface area contributed by atoms with Crippen molar-refractivity contribution in [2.75, 3.05) is 6.26 Å². The average Bonchev–Trinajstić information content (AvgIpc) is 3.28. The molecule has 0 fully saturated rings. The molecular formula is C25H22ClN3O4S. The molecule has 1 heterocycles. The number of halogens is 1. The summed E-state index contributed by atoms with van der Waals surface area (Å²) in [5.74, 6) is 0.579. The first kappa shape index (κ1) is 23.8. The molecule has 0 bridgehead atoms. The molecule has 0 saturated carbocycles. The van der Waals surface area contributed by atoms with Gasteiger partial charge in [0.2, 0.25) is 0 Å². The molecule has 174 valence electrons. The average molecular weight is 496 g/mol. The highest BCUT2D eigenvalue weighted by molar-refractivity contribution is 7.90. The van der Waals surface area contributed by atoms with Gasteiger partial charge in [-0.25, -0.2) is 13.4 Å². The maximum absolute atomic E-state index is 12.2. The van der Waals surface area contributed by atoms with Gasteiger partial charge in [0, 0.05) is 23.7 Å². The standard InChI is InChI=1S/C25H22ClN3O4S/c1-16(28-31)23-14-29(25(27-23)21-5-3-4-6-22(21)26)20-11-9-17(10-12-20)18-7-8-19(15-30)24(13-18)34(2,32)33/h3-14,16,30H,15H2,1-2H3. The second-order valence-electron chi connectivity index (χ2n) is 7.92. The minimum absolute atomic E-state index is 0.104. The Morgan fingerprint density at radius 3 is 2.35 bits per heavy atom. The number of aliphatic hydroxyl groups is 1. The van der Waals surface area contributed by atoms with E-state index in [4.69, 9.17) is 11.6 Å². The summed E-state index contributed by atoms with van der Waals surface area (Å²) in [4.78, 5) is 15.9. The highest BCUT2D eigenvalue weighted by Crippen LogP contribution is 2.32. The van der Waals surface area contributed by atoms with Crippen LogP contribution in [0.3, 0.4) is 0 Å². The van der Waals surface area contributed by atoms with E-state index >= 15 is 0 Å². The third-order valence-corrected chi connectivity index (χ3v) is 7.05. The number of aromatic nitrogens is 2. The van der Waals surface area contributed by atoms with Crippen molar-refractivity contribution in [2.24, 2.45) is 5.18 Å². The smallest absolute Gasteiger partial charge is 0.175 e. The van der Waals surface area contributed by atoms with Crippen molar-refractivity contribution >= 4 is 21.4 Å². The van der Waals surface area contributed by atoms with E-state index in [1.165, 1.54) is 0 Å². The van der Waals surface area contributed by atoms with E-state index in [-0.39, 0.29) is 11.5 Å². The first-order valence-corrected chi connectivity index (χ1v) is 12.7. The zero-order valence-corrected chi connectivity index (χ0v) is 20.1. The number of hydrogen-bond donors (Lipinski definition) is 1. The quantitative estimate of drug-likeness (QED) is 0.337. The summed E-state index contributed by atoms with van der Waals surface area (Å²) in [7, 11) is -3.49. The predicted octanol–water partition coefficient (Wildman–Crippen LogP) is 5.58. The van der Waals surface area contributed by atoms with Crippen molar-refractivity contribution in [2.45, 2.75) is 24.5 Å². The third kappa shape index (κ3) is 4.65. The molecule has 7 nitrogen and oxygen atoms in total. The summed E-state index contributed by atoms with van der Waals surface area (Å²) in [6, 6.07) is 19.1. The van der Waals surface area contributed by atoms with Crippen LogP contribution in [0.5, 0.6) is 0 Å². The van der Waals surface area contributed by atoms with Gasteiger partial charge >= 0.3 is 0 Å². The van der Waals surface area contributed by atoms with Crippen LogP contribution in [0.2, 0.25) is 5.02 Å². The number of sulfone groups is 1. The lowest BCUT2D eigenvalue weighted by molar-refractivity contribution is 0.278. The third-order valence-electron chi connectivity index (χ3n) is 5.54. The van der Waals surface area contributed by atoms with Crippen molar-refractivity contribution in [3.05, 3.63) is 94.1 Å². The monoisotopic (exact) mass is 495 g/mol. The van der Waals surface area contributed by atoms with Crippen LogP contribution in [0.4, 0.5) is 0 Å². The Balaban J connectivity index is 1.79. The minimum Gasteiger partial charge on any atom is -0.392 e. The first-order valence-electron chi connectivity index (χ1n) is 10.4. The first-order chi connectivity index (χ1) is 16.2. The second kappa shape index (κ2) is 9.50. The summed E-state index contributed by atoms with van der Waals surface area (Å²) in [5.41, 5.74) is 3.89. The molecule has 0 spiro atoms. The fourth-order valence-corrected chi connectivity index (χ4v) is 4.88. The van der Waals surface area contributed by atoms with Gasteiger partial charge in [0.15, 0.2) is 9.84 Å². The zero-order valence-electron chi connectivity index (χ0n) is 18.5. The van der Waals surface area contributed by atoms with Crippen molar-refractivity contribution in [1.82, 2.24) is 9.55 Å². The van der Waals surface area contributed by atoms with Gasteiger partial charge in [0.25, 0.3) is 0 Å². The summed E-state index contributed by atoms with van der Waals surface area (Å²) in [6.45, 7) is 1.32. The number of hydrogen-bond acceptors (Lipinski definition) is 6. The van der Waals surface area contributed by atoms with Crippen LogP contribution in [0.25, 0.3) is 28.2 Å². The molecule has 0 aliphatic heterocycles. The normalized spacial score (nSPS) is 12.5. The van der Waals surface area contributed by atoms with Crippen LogP contribution >= 0.6 is 11.6 Å².